The van der Waals surface area contributed by atoms with Gasteiger partial charge in [0.25, 0.3) is 0 Å². The molecule has 0 aromatic heterocycles. The maximum absolute atomic E-state index is 12.2. The molecule has 3 N–H and O–H groups in total. The Labute approximate surface area is 233 Å². The van der Waals surface area contributed by atoms with Crippen LogP contribution < -0.4 is 34.9 Å². The summed E-state index contributed by atoms with van der Waals surface area (Å²) in [6.07, 6.45) is 8.78. The van der Waals surface area contributed by atoms with Crippen LogP contribution in [0.25, 0.3) is 0 Å². The zero-order valence-electron chi connectivity index (χ0n) is 22.0. The first kappa shape index (κ1) is 29.9. The van der Waals surface area contributed by atoms with Gasteiger partial charge >= 0.3 is 29.6 Å². The van der Waals surface area contributed by atoms with Crippen molar-refractivity contribution in [1.82, 2.24) is 5.32 Å². The van der Waals surface area contributed by atoms with Crippen LogP contribution in [0.1, 0.15) is 85.0 Å². The number of carbonyl (C=O) groups excluding carboxylic acids is 1. The minimum Gasteiger partial charge on any atom is -0.748 e. The number of hydrogen-bond donors (Lipinski definition) is 3. The molecule has 4 saturated carbocycles. The van der Waals surface area contributed by atoms with Crippen LogP contribution >= 0.6 is 0 Å². The molecule has 1 unspecified atom stereocenters. The summed E-state index contributed by atoms with van der Waals surface area (Å²) in [5.41, 5.74) is 0.399. The van der Waals surface area contributed by atoms with Crippen LogP contribution in [0.4, 0.5) is 0 Å². The van der Waals surface area contributed by atoms with Crippen LogP contribution in [-0.4, -0.2) is 53.6 Å². The van der Waals surface area contributed by atoms with Gasteiger partial charge < -0.3 is 20.1 Å². The number of hydrogen-bond acceptors (Lipinski definition) is 6. The summed E-state index contributed by atoms with van der Waals surface area (Å²) in [5, 5.41) is 24.2. The Morgan fingerprint density at radius 1 is 1.06 bits per heavy atom. The van der Waals surface area contributed by atoms with E-state index >= 15 is 0 Å². The Morgan fingerprint density at radius 3 is 2.40 bits per heavy atom. The van der Waals surface area contributed by atoms with Gasteiger partial charge in [-0.05, 0) is 104 Å². The van der Waals surface area contributed by atoms with Crippen LogP contribution in [0.3, 0.4) is 0 Å². The van der Waals surface area contributed by atoms with Gasteiger partial charge in [0.15, 0.2) is 0 Å². The number of aliphatic hydroxyl groups excluding tert-OH is 2. The molecule has 0 aromatic carbocycles. The van der Waals surface area contributed by atoms with Gasteiger partial charge in [-0.15, -0.1) is 0 Å². The molecule has 4 rings (SSSR count). The summed E-state index contributed by atoms with van der Waals surface area (Å²) in [4.78, 5) is 12.2. The molecule has 4 aliphatic rings. The van der Waals surface area contributed by atoms with Crippen LogP contribution in [0.2, 0.25) is 0 Å². The molecule has 7 nitrogen and oxygen atoms in total. The topological polar surface area (TPSA) is 127 Å². The fourth-order valence-corrected chi connectivity index (χ4v) is 9.49. The van der Waals surface area contributed by atoms with E-state index in [0.29, 0.717) is 41.9 Å². The standard InChI is InChI=1S/C26H45NO6S.Na/c1-16(4-7-23(30)27-12-13-34(31,32)33)19-5-6-20-24-21(9-11-26(19,20)3)25(2)10-8-18(28)14-17(25)15-22(24)29;/h16-22,24,28-29H,4-15H2,1-3H3,(H,27,30)(H,31,32,33);/q;+1/p-1/t16-,17+,18-,19-,20+,21+,22+,24?,25+,26-;/m1./s1. The minimum absolute atomic E-state index is 0. The molecule has 0 bridgehead atoms. The smallest absolute Gasteiger partial charge is 0.748 e. The third-order valence-electron chi connectivity index (χ3n) is 10.9. The minimum atomic E-state index is -4.31. The predicted octanol–water partition coefficient (Wildman–Crippen LogP) is 0.0587. The zero-order valence-corrected chi connectivity index (χ0v) is 24.9. The van der Waals surface area contributed by atoms with Crippen molar-refractivity contribution < 1.29 is 57.5 Å². The fourth-order valence-electron chi connectivity index (χ4n) is 9.14. The number of fused-ring (bicyclic) bond motifs is 5. The van der Waals surface area contributed by atoms with E-state index in [1.807, 2.05) is 0 Å². The van der Waals surface area contributed by atoms with Crippen LogP contribution in [0.15, 0.2) is 0 Å². The average molecular weight is 522 g/mol. The molecule has 10 atom stereocenters. The second-order valence-corrected chi connectivity index (χ2v) is 14.1. The van der Waals surface area contributed by atoms with Crippen molar-refractivity contribution in [3.63, 3.8) is 0 Å². The maximum atomic E-state index is 12.2. The molecule has 4 fully saturated rings. The molecule has 0 heterocycles. The number of carbonyl (C=O) groups is 1. The van der Waals surface area contributed by atoms with Crippen LogP contribution in [-0.2, 0) is 14.9 Å². The summed E-state index contributed by atoms with van der Waals surface area (Å²) in [6, 6.07) is 0. The van der Waals surface area contributed by atoms with Crippen LogP contribution in [0, 0.1) is 46.3 Å². The summed E-state index contributed by atoms with van der Waals surface area (Å²) < 4.78 is 32.2. The second-order valence-electron chi connectivity index (χ2n) is 12.6. The van der Waals surface area contributed by atoms with Gasteiger partial charge in [0, 0.05) is 13.0 Å². The largest absolute Gasteiger partial charge is 1.00 e. The Hall–Kier alpha value is 0.300. The van der Waals surface area contributed by atoms with Crippen molar-refractivity contribution in [2.24, 2.45) is 46.3 Å². The first-order valence-corrected chi connectivity index (χ1v) is 15.0. The van der Waals surface area contributed by atoms with E-state index in [-0.39, 0.29) is 65.0 Å². The number of amides is 1. The van der Waals surface area contributed by atoms with Crippen molar-refractivity contribution in [3.05, 3.63) is 0 Å². The maximum Gasteiger partial charge on any atom is 1.00 e. The molecule has 1 amide bonds. The second kappa shape index (κ2) is 11.2. The molecule has 0 aromatic rings. The molecular weight excluding hydrogens is 477 g/mol. The van der Waals surface area contributed by atoms with E-state index in [4.69, 9.17) is 0 Å². The summed E-state index contributed by atoms with van der Waals surface area (Å²) in [7, 11) is -4.31. The van der Waals surface area contributed by atoms with Gasteiger partial charge in [0.05, 0.1) is 28.1 Å². The van der Waals surface area contributed by atoms with Gasteiger partial charge in [-0.25, -0.2) is 8.42 Å². The van der Waals surface area contributed by atoms with E-state index < -0.39 is 15.9 Å². The molecule has 0 radical (unpaired) electrons. The average Bonchev–Trinajstić information content (AvgIpc) is 3.09. The van der Waals surface area contributed by atoms with Crippen molar-refractivity contribution in [2.75, 3.05) is 12.3 Å². The predicted molar refractivity (Wildman–Crippen MR) is 129 cm³/mol. The quantitative estimate of drug-likeness (QED) is 0.321. The third-order valence-corrected chi connectivity index (χ3v) is 11.6. The Balaban J connectivity index is 0.00000342. The summed E-state index contributed by atoms with van der Waals surface area (Å²) >= 11 is 0. The Kier molecular flexibility index (Phi) is 9.54. The molecule has 0 aliphatic heterocycles. The van der Waals surface area contributed by atoms with Gasteiger partial charge in [0.1, 0.15) is 0 Å². The first-order valence-electron chi connectivity index (χ1n) is 13.4. The van der Waals surface area contributed by atoms with Gasteiger partial charge in [-0.3, -0.25) is 4.79 Å². The summed E-state index contributed by atoms with van der Waals surface area (Å²) in [6.45, 7) is 6.96. The molecule has 0 spiro atoms. The Bertz CT molecular complexity index is 870. The summed E-state index contributed by atoms with van der Waals surface area (Å²) in [5.74, 6) is 1.92. The van der Waals surface area contributed by atoms with E-state index in [0.717, 1.165) is 51.4 Å². The SMILES string of the molecule is C[C@H](CCC(=O)NCCS(=O)(=O)[O-])[C@H]1CC[C@H]2C3[C@@H](O)C[C@@H]4C[C@H](O)CC[C@]4(C)[C@H]3CC[C@]12C.[Na+]. The molecule has 35 heavy (non-hydrogen) atoms. The van der Waals surface area contributed by atoms with Crippen molar-refractivity contribution in [3.8, 4) is 0 Å². The zero-order chi connectivity index (χ0) is 24.9. The van der Waals surface area contributed by atoms with Crippen molar-refractivity contribution >= 4 is 16.0 Å². The molecule has 0 saturated heterocycles. The number of aliphatic hydroxyl groups is 2. The Morgan fingerprint density at radius 2 is 1.71 bits per heavy atom. The van der Waals surface area contributed by atoms with E-state index in [1.165, 1.54) is 6.42 Å². The molecular formula is C26H44NNaO6S. The fraction of sp³-hybridized carbons (Fsp3) is 0.962. The molecule has 4 aliphatic carbocycles. The van der Waals surface area contributed by atoms with E-state index in [1.54, 1.807) is 0 Å². The third kappa shape index (κ3) is 5.99. The van der Waals surface area contributed by atoms with E-state index in [9.17, 15) is 28.0 Å². The van der Waals surface area contributed by atoms with E-state index in [2.05, 4.69) is 26.1 Å². The normalized spacial score (nSPS) is 43.8. The van der Waals surface area contributed by atoms with Gasteiger partial charge in [-0.2, -0.15) is 0 Å². The van der Waals surface area contributed by atoms with Crippen LogP contribution in [0.5, 0.6) is 0 Å². The first-order chi connectivity index (χ1) is 15.8. The number of nitrogens with one attached hydrogen (secondary N) is 1. The van der Waals surface area contributed by atoms with Gasteiger partial charge in [0.2, 0.25) is 5.91 Å². The molecule has 196 valence electrons. The molecule has 9 heteroatoms. The number of rotatable bonds is 7. The van der Waals surface area contributed by atoms with Crippen molar-refractivity contribution in [1.29, 1.82) is 0 Å². The van der Waals surface area contributed by atoms with Crippen molar-refractivity contribution in [2.45, 2.75) is 97.2 Å². The van der Waals surface area contributed by atoms with Gasteiger partial charge in [-0.1, -0.05) is 20.8 Å². The monoisotopic (exact) mass is 521 g/mol.